The van der Waals surface area contributed by atoms with Gasteiger partial charge in [0.15, 0.2) is 0 Å². The van der Waals surface area contributed by atoms with Crippen LogP contribution in [0.5, 0.6) is 0 Å². The van der Waals surface area contributed by atoms with E-state index in [9.17, 15) is 24.9 Å². The molecule has 0 spiro atoms. The Morgan fingerprint density at radius 3 is 2.47 bits per heavy atom. The molecule has 0 aliphatic carbocycles. The first-order valence-electron chi connectivity index (χ1n) is 10.9. The lowest BCUT2D eigenvalue weighted by atomic mass is 9.79. The van der Waals surface area contributed by atoms with E-state index in [-0.39, 0.29) is 23.9 Å². The van der Waals surface area contributed by atoms with Crippen molar-refractivity contribution in [3.05, 3.63) is 83.2 Å². The van der Waals surface area contributed by atoms with Crippen molar-refractivity contribution in [1.82, 2.24) is 10.2 Å². The molecular weight excluding hydrogens is 433 g/mol. The van der Waals surface area contributed by atoms with Gasteiger partial charge in [-0.1, -0.05) is 68.8 Å². The highest BCUT2D eigenvalue weighted by Gasteiger charge is 2.25. The number of hydrogen-bond acceptors (Lipinski definition) is 6. The molecule has 3 N–H and O–H groups in total. The molecule has 9 heteroatoms. The van der Waals surface area contributed by atoms with Gasteiger partial charge in [0, 0.05) is 12.5 Å². The first-order valence-corrected chi connectivity index (χ1v) is 10.9. The quantitative estimate of drug-likeness (QED) is 0.323. The second-order valence-electron chi connectivity index (χ2n) is 9.00. The van der Waals surface area contributed by atoms with Crippen LogP contribution in [0.2, 0.25) is 6.32 Å². The number of hydrogen-bond donors (Lipinski definition) is 3. The standard InChI is InChI=1S/C25H30BN3O5/c1-18-9-11-19(12-10-18)22(15-26(32)33)28-24(31)34-17-21-8-6-5-7-13-29(21)23(30)20(16-27)14-25(2,3)4/h5-14,22,32-33H,15,17H2,1-4H3,(H,28,31)/t22-/m1/s1. The number of nitrogens with zero attached hydrogens (tertiary/aromatic N) is 2. The van der Waals surface area contributed by atoms with Crippen LogP contribution in [0.15, 0.2) is 72.1 Å². The minimum Gasteiger partial charge on any atom is -0.443 e. The summed E-state index contributed by atoms with van der Waals surface area (Å²) in [4.78, 5) is 26.8. The Morgan fingerprint density at radius 2 is 1.88 bits per heavy atom. The van der Waals surface area contributed by atoms with Gasteiger partial charge in [0.25, 0.3) is 5.91 Å². The molecule has 1 atom stereocenters. The molecule has 0 aromatic heterocycles. The van der Waals surface area contributed by atoms with Crippen LogP contribution in [0, 0.1) is 23.7 Å². The normalized spacial score (nSPS) is 14.6. The van der Waals surface area contributed by atoms with Crippen LogP contribution < -0.4 is 5.32 Å². The molecule has 1 aliphatic rings. The highest BCUT2D eigenvalue weighted by Crippen LogP contribution is 2.22. The van der Waals surface area contributed by atoms with E-state index in [0.29, 0.717) is 11.3 Å². The van der Waals surface area contributed by atoms with Crippen LogP contribution in [0.1, 0.15) is 37.9 Å². The number of carbonyl (C=O) groups is 2. The van der Waals surface area contributed by atoms with E-state index < -0.39 is 25.2 Å². The van der Waals surface area contributed by atoms with Gasteiger partial charge in [-0.25, -0.2) is 4.79 Å². The smallest absolute Gasteiger partial charge is 0.443 e. The second-order valence-corrected chi connectivity index (χ2v) is 9.00. The summed E-state index contributed by atoms with van der Waals surface area (Å²) in [5, 5.41) is 31.0. The zero-order valence-electron chi connectivity index (χ0n) is 19.9. The van der Waals surface area contributed by atoms with Gasteiger partial charge in [-0.05, 0) is 30.1 Å². The largest absolute Gasteiger partial charge is 0.453 e. The summed E-state index contributed by atoms with van der Waals surface area (Å²) >= 11 is 0. The van der Waals surface area contributed by atoms with Gasteiger partial charge in [0.05, 0.1) is 11.7 Å². The summed E-state index contributed by atoms with van der Waals surface area (Å²) in [6.07, 6.45) is 8.85. The Hall–Kier alpha value is -3.61. The summed E-state index contributed by atoms with van der Waals surface area (Å²) in [5.41, 5.74) is 1.67. The molecule has 1 aromatic carbocycles. The molecule has 0 unspecified atom stereocenters. The van der Waals surface area contributed by atoms with Crippen molar-refractivity contribution in [3.8, 4) is 6.07 Å². The highest BCUT2D eigenvalue weighted by atomic mass is 16.5. The molecular formula is C25H30BN3O5. The van der Waals surface area contributed by atoms with Crippen molar-refractivity contribution in [2.24, 2.45) is 5.41 Å². The van der Waals surface area contributed by atoms with E-state index in [0.717, 1.165) is 5.56 Å². The third-order valence-corrected chi connectivity index (χ3v) is 4.77. The molecule has 34 heavy (non-hydrogen) atoms. The molecule has 2 amide bonds. The summed E-state index contributed by atoms with van der Waals surface area (Å²) in [7, 11) is -1.63. The lowest BCUT2D eigenvalue weighted by molar-refractivity contribution is -0.123. The molecule has 0 saturated heterocycles. The first kappa shape index (κ1) is 26.6. The maximum atomic E-state index is 13.0. The average Bonchev–Trinajstić information content (AvgIpc) is 3.00. The topological polar surface area (TPSA) is 123 Å². The number of amides is 2. The van der Waals surface area contributed by atoms with Gasteiger partial charge >= 0.3 is 13.2 Å². The number of alkyl carbamates (subject to hydrolysis) is 1. The zero-order valence-corrected chi connectivity index (χ0v) is 19.9. The van der Waals surface area contributed by atoms with Crippen molar-refractivity contribution in [2.45, 2.75) is 40.1 Å². The van der Waals surface area contributed by atoms with Gasteiger partial charge in [-0.2, -0.15) is 5.26 Å². The minimum atomic E-state index is -1.63. The molecule has 0 fully saturated rings. The van der Waals surface area contributed by atoms with Gasteiger partial charge in [-0.3, -0.25) is 9.69 Å². The number of nitrogens with one attached hydrogen (secondary N) is 1. The number of carbonyl (C=O) groups excluding carboxylic acids is 2. The highest BCUT2D eigenvalue weighted by molar-refractivity contribution is 6.41. The number of ether oxygens (including phenoxy) is 1. The second kappa shape index (κ2) is 12.0. The maximum Gasteiger partial charge on any atom is 0.453 e. The molecule has 2 rings (SSSR count). The van der Waals surface area contributed by atoms with Crippen LogP contribution >= 0.6 is 0 Å². The Kier molecular flexibility index (Phi) is 9.42. The molecule has 1 aromatic rings. The van der Waals surface area contributed by atoms with Crippen molar-refractivity contribution >= 4 is 19.1 Å². The fourth-order valence-corrected chi connectivity index (χ4v) is 3.17. The number of aryl methyl sites for hydroxylation is 1. The summed E-state index contributed by atoms with van der Waals surface area (Å²) < 4.78 is 5.34. The summed E-state index contributed by atoms with van der Waals surface area (Å²) in [6.45, 7) is 7.33. The van der Waals surface area contributed by atoms with Gasteiger partial charge in [0.2, 0.25) is 0 Å². The van der Waals surface area contributed by atoms with Crippen molar-refractivity contribution < 1.29 is 24.4 Å². The van der Waals surface area contributed by atoms with Crippen LogP contribution in [-0.2, 0) is 9.53 Å². The fraction of sp³-hybridized carbons (Fsp3) is 0.320. The first-order chi connectivity index (χ1) is 16.0. The third kappa shape index (κ3) is 8.39. The van der Waals surface area contributed by atoms with Crippen LogP contribution in [0.25, 0.3) is 0 Å². The number of benzene rings is 1. The van der Waals surface area contributed by atoms with E-state index in [4.69, 9.17) is 4.74 Å². The van der Waals surface area contributed by atoms with Crippen LogP contribution in [-0.4, -0.2) is 40.7 Å². The fourth-order valence-electron chi connectivity index (χ4n) is 3.17. The SMILES string of the molecule is Cc1ccc([C@@H](CB(O)O)NC(=O)OCC2=CC=CC=CN2C(=O)C(C#N)=CC(C)(C)C)cc1. The molecule has 0 saturated carbocycles. The number of rotatable bonds is 7. The monoisotopic (exact) mass is 463 g/mol. The number of allylic oxidation sites excluding steroid dienone is 5. The van der Waals surface area contributed by atoms with Gasteiger partial charge in [-0.15, -0.1) is 0 Å². The molecule has 0 radical (unpaired) electrons. The van der Waals surface area contributed by atoms with E-state index in [1.807, 2.05) is 45.9 Å². The van der Waals surface area contributed by atoms with Crippen LogP contribution in [0.4, 0.5) is 4.79 Å². The predicted octanol–water partition coefficient (Wildman–Crippen LogP) is 3.53. The number of nitriles is 1. The van der Waals surface area contributed by atoms with Gasteiger partial charge < -0.3 is 20.1 Å². The lowest BCUT2D eigenvalue weighted by Gasteiger charge is -2.23. The van der Waals surface area contributed by atoms with Crippen LogP contribution in [0.3, 0.4) is 0 Å². The van der Waals surface area contributed by atoms with Gasteiger partial charge in [0.1, 0.15) is 18.2 Å². The average molecular weight is 463 g/mol. The molecule has 1 heterocycles. The Balaban J connectivity index is 2.14. The predicted molar refractivity (Wildman–Crippen MR) is 130 cm³/mol. The Morgan fingerprint density at radius 1 is 1.21 bits per heavy atom. The minimum absolute atomic E-state index is 0.0224. The van der Waals surface area contributed by atoms with E-state index in [2.05, 4.69) is 5.32 Å². The zero-order chi connectivity index (χ0) is 25.3. The molecule has 0 bridgehead atoms. The van der Waals surface area contributed by atoms with E-state index >= 15 is 0 Å². The maximum absolute atomic E-state index is 13.0. The Labute approximate surface area is 200 Å². The summed E-state index contributed by atoms with van der Waals surface area (Å²) in [5.74, 6) is -0.534. The van der Waals surface area contributed by atoms with Crippen molar-refractivity contribution in [2.75, 3.05) is 6.61 Å². The third-order valence-electron chi connectivity index (χ3n) is 4.77. The molecule has 8 nitrogen and oxygen atoms in total. The van der Waals surface area contributed by atoms with E-state index in [1.54, 1.807) is 42.5 Å². The Bertz CT molecular complexity index is 1040. The van der Waals surface area contributed by atoms with Crippen molar-refractivity contribution in [3.63, 3.8) is 0 Å². The lowest BCUT2D eigenvalue weighted by Crippen LogP contribution is -2.34. The summed E-state index contributed by atoms with van der Waals surface area (Å²) in [6, 6.07) is 8.55. The molecule has 178 valence electrons. The van der Waals surface area contributed by atoms with E-state index in [1.165, 1.54) is 11.1 Å². The molecule has 1 aliphatic heterocycles. The van der Waals surface area contributed by atoms with Crippen molar-refractivity contribution in [1.29, 1.82) is 5.26 Å².